The number of benzene rings is 2. The van der Waals surface area contributed by atoms with E-state index < -0.39 is 0 Å². The fourth-order valence-electron chi connectivity index (χ4n) is 1.84. The molecule has 0 bridgehead atoms. The van der Waals surface area contributed by atoms with Crippen molar-refractivity contribution in [2.24, 2.45) is 0 Å². The molecule has 1 atom stereocenters. The second kappa shape index (κ2) is 4.99. The quantitative estimate of drug-likeness (QED) is 0.846. The van der Waals surface area contributed by atoms with Crippen LogP contribution in [0.4, 0.5) is 0 Å². The topological polar surface area (TPSA) is 21.3 Å². The smallest absolute Gasteiger partial charge is 0.127 e. The predicted molar refractivity (Wildman–Crippen MR) is 68.0 cm³/mol. The molecule has 0 spiro atoms. The summed E-state index contributed by atoms with van der Waals surface area (Å²) in [6, 6.07) is 14.4. The van der Waals surface area contributed by atoms with Crippen molar-refractivity contribution in [1.29, 1.82) is 0 Å². The van der Waals surface area contributed by atoms with E-state index in [0.717, 1.165) is 12.3 Å². The van der Waals surface area contributed by atoms with Crippen LogP contribution in [0.3, 0.4) is 0 Å². The van der Waals surface area contributed by atoms with Gasteiger partial charge >= 0.3 is 0 Å². The zero-order chi connectivity index (χ0) is 11.4. The van der Waals surface area contributed by atoms with Crippen molar-refractivity contribution in [1.82, 2.24) is 5.32 Å². The summed E-state index contributed by atoms with van der Waals surface area (Å²) in [5, 5.41) is 5.50. The lowest BCUT2D eigenvalue weighted by Crippen LogP contribution is -2.26. The number of ether oxygens (including phenoxy) is 1. The molecule has 0 unspecified atom stereocenters. The van der Waals surface area contributed by atoms with Crippen LogP contribution in [0.2, 0.25) is 0 Å². The van der Waals surface area contributed by atoms with E-state index in [2.05, 4.69) is 30.4 Å². The Balaban J connectivity index is 2.30. The molecule has 0 aliphatic heterocycles. The molecule has 0 aliphatic carbocycles. The second-order valence-corrected chi connectivity index (χ2v) is 3.96. The van der Waals surface area contributed by atoms with Crippen molar-refractivity contribution in [3.05, 3.63) is 42.5 Å². The minimum Gasteiger partial charge on any atom is -0.489 e. The average Bonchev–Trinajstić information content (AvgIpc) is 2.30. The molecule has 0 saturated heterocycles. The molecule has 2 aromatic carbocycles. The average molecular weight is 215 g/mol. The number of likely N-dealkylation sites (N-methyl/N-ethyl adjacent to an activating group) is 1. The molecule has 84 valence electrons. The Labute approximate surface area is 96.2 Å². The van der Waals surface area contributed by atoms with Crippen LogP contribution in [0, 0.1) is 0 Å². The maximum atomic E-state index is 5.91. The lowest BCUT2D eigenvalue weighted by molar-refractivity contribution is 0.223. The van der Waals surface area contributed by atoms with E-state index in [1.54, 1.807) is 0 Å². The van der Waals surface area contributed by atoms with Gasteiger partial charge in [0.25, 0.3) is 0 Å². The SMILES string of the molecule is CNC[C@H](C)Oc1cccc2ccccc12. The minimum atomic E-state index is 0.177. The third-order valence-electron chi connectivity index (χ3n) is 2.57. The third-order valence-corrected chi connectivity index (χ3v) is 2.57. The Bertz CT molecular complexity index is 462. The number of fused-ring (bicyclic) bond motifs is 1. The molecule has 0 aliphatic rings. The zero-order valence-electron chi connectivity index (χ0n) is 9.73. The summed E-state index contributed by atoms with van der Waals surface area (Å²) < 4.78 is 5.91. The summed E-state index contributed by atoms with van der Waals surface area (Å²) in [6.45, 7) is 2.92. The zero-order valence-corrected chi connectivity index (χ0v) is 9.73. The van der Waals surface area contributed by atoms with Crippen molar-refractivity contribution in [3.8, 4) is 5.75 Å². The lowest BCUT2D eigenvalue weighted by Gasteiger charge is -2.15. The number of hydrogen-bond acceptors (Lipinski definition) is 2. The highest BCUT2D eigenvalue weighted by Gasteiger charge is 2.05. The van der Waals surface area contributed by atoms with E-state index >= 15 is 0 Å². The van der Waals surface area contributed by atoms with Crippen LogP contribution in [0.15, 0.2) is 42.5 Å². The Hall–Kier alpha value is -1.54. The van der Waals surface area contributed by atoms with Gasteiger partial charge in [-0.2, -0.15) is 0 Å². The van der Waals surface area contributed by atoms with E-state index in [0.29, 0.717) is 0 Å². The fraction of sp³-hybridized carbons (Fsp3) is 0.286. The van der Waals surface area contributed by atoms with E-state index in [1.165, 1.54) is 10.8 Å². The maximum Gasteiger partial charge on any atom is 0.127 e. The normalized spacial score (nSPS) is 12.6. The molecule has 0 saturated carbocycles. The maximum absolute atomic E-state index is 5.91. The Morgan fingerprint density at radius 2 is 1.88 bits per heavy atom. The predicted octanol–water partition coefficient (Wildman–Crippen LogP) is 2.83. The first-order valence-corrected chi connectivity index (χ1v) is 5.60. The molecule has 16 heavy (non-hydrogen) atoms. The van der Waals surface area contributed by atoms with Crippen LogP contribution >= 0.6 is 0 Å². The van der Waals surface area contributed by atoms with Gasteiger partial charge in [0, 0.05) is 11.9 Å². The van der Waals surface area contributed by atoms with Gasteiger partial charge in [-0.3, -0.25) is 0 Å². The molecule has 0 amide bonds. The van der Waals surface area contributed by atoms with Crippen molar-refractivity contribution in [3.63, 3.8) is 0 Å². The van der Waals surface area contributed by atoms with Crippen molar-refractivity contribution >= 4 is 10.8 Å². The second-order valence-electron chi connectivity index (χ2n) is 3.96. The highest BCUT2D eigenvalue weighted by molar-refractivity contribution is 5.88. The summed E-state index contributed by atoms with van der Waals surface area (Å²) in [4.78, 5) is 0. The largest absolute Gasteiger partial charge is 0.489 e. The highest BCUT2D eigenvalue weighted by Crippen LogP contribution is 2.25. The molecule has 0 aromatic heterocycles. The van der Waals surface area contributed by atoms with Gasteiger partial charge in [-0.15, -0.1) is 0 Å². The third kappa shape index (κ3) is 2.34. The van der Waals surface area contributed by atoms with Gasteiger partial charge in [0.15, 0.2) is 0 Å². The summed E-state index contributed by atoms with van der Waals surface area (Å²) in [5.74, 6) is 0.959. The van der Waals surface area contributed by atoms with Gasteiger partial charge in [0.05, 0.1) is 0 Å². The van der Waals surface area contributed by atoms with E-state index in [9.17, 15) is 0 Å². The molecule has 0 heterocycles. The summed E-state index contributed by atoms with van der Waals surface area (Å²) >= 11 is 0. The first kappa shape index (κ1) is 11.0. The van der Waals surface area contributed by atoms with Crippen molar-refractivity contribution < 1.29 is 4.74 Å². The number of hydrogen-bond donors (Lipinski definition) is 1. The Kier molecular flexibility index (Phi) is 3.42. The van der Waals surface area contributed by atoms with E-state index in [1.807, 2.05) is 31.3 Å². The van der Waals surface area contributed by atoms with Crippen LogP contribution in [-0.4, -0.2) is 19.7 Å². The van der Waals surface area contributed by atoms with Gasteiger partial charge in [-0.25, -0.2) is 0 Å². The van der Waals surface area contributed by atoms with Gasteiger partial charge in [-0.05, 0) is 25.4 Å². The Morgan fingerprint density at radius 1 is 1.12 bits per heavy atom. The lowest BCUT2D eigenvalue weighted by atomic mass is 10.1. The number of nitrogens with one attached hydrogen (secondary N) is 1. The summed E-state index contributed by atoms with van der Waals surface area (Å²) in [7, 11) is 1.93. The highest BCUT2D eigenvalue weighted by atomic mass is 16.5. The molecular formula is C14H17NO. The molecule has 2 nitrogen and oxygen atoms in total. The molecule has 2 rings (SSSR count). The van der Waals surface area contributed by atoms with Gasteiger partial charge in [0.2, 0.25) is 0 Å². The summed E-state index contributed by atoms with van der Waals surface area (Å²) in [6.07, 6.45) is 0.177. The van der Waals surface area contributed by atoms with Crippen LogP contribution < -0.4 is 10.1 Å². The minimum absolute atomic E-state index is 0.177. The van der Waals surface area contributed by atoms with Crippen molar-refractivity contribution in [2.45, 2.75) is 13.0 Å². The van der Waals surface area contributed by atoms with Gasteiger partial charge in [0.1, 0.15) is 11.9 Å². The van der Waals surface area contributed by atoms with E-state index in [-0.39, 0.29) is 6.10 Å². The first-order valence-electron chi connectivity index (χ1n) is 5.60. The monoisotopic (exact) mass is 215 g/mol. The van der Waals surface area contributed by atoms with E-state index in [4.69, 9.17) is 4.74 Å². The van der Waals surface area contributed by atoms with Gasteiger partial charge in [-0.1, -0.05) is 36.4 Å². The fourth-order valence-corrected chi connectivity index (χ4v) is 1.84. The molecule has 2 aromatic rings. The first-order chi connectivity index (χ1) is 7.81. The van der Waals surface area contributed by atoms with Gasteiger partial charge < -0.3 is 10.1 Å². The molecule has 0 radical (unpaired) electrons. The number of rotatable bonds is 4. The standard InChI is InChI=1S/C14H17NO/c1-11(10-15-2)16-14-9-5-7-12-6-3-4-8-13(12)14/h3-9,11,15H,10H2,1-2H3/t11-/m0/s1. The molecule has 0 fully saturated rings. The molecule has 1 N–H and O–H groups in total. The van der Waals surface area contributed by atoms with Crippen molar-refractivity contribution in [2.75, 3.05) is 13.6 Å². The summed E-state index contributed by atoms with van der Waals surface area (Å²) in [5.41, 5.74) is 0. The van der Waals surface area contributed by atoms with Crippen LogP contribution in [0.5, 0.6) is 5.75 Å². The molecular weight excluding hydrogens is 198 g/mol. The molecule has 2 heteroatoms. The van der Waals surface area contributed by atoms with Crippen LogP contribution in [0.25, 0.3) is 10.8 Å². The van der Waals surface area contributed by atoms with Crippen LogP contribution in [0.1, 0.15) is 6.92 Å². The van der Waals surface area contributed by atoms with Crippen LogP contribution in [-0.2, 0) is 0 Å². The Morgan fingerprint density at radius 3 is 2.69 bits per heavy atom.